The molecule has 0 saturated heterocycles. The summed E-state index contributed by atoms with van der Waals surface area (Å²) in [5.74, 6) is 1.00. The lowest BCUT2D eigenvalue weighted by Gasteiger charge is -2.06. The maximum Gasteiger partial charge on any atom is 0.292 e. The summed E-state index contributed by atoms with van der Waals surface area (Å²) in [6, 6.07) is 0.175. The van der Waals surface area contributed by atoms with Crippen LogP contribution in [0.5, 0.6) is 0 Å². The summed E-state index contributed by atoms with van der Waals surface area (Å²) in [5, 5.41) is 5.36. The van der Waals surface area contributed by atoms with E-state index in [1.54, 1.807) is 17.7 Å². The molecule has 0 amide bonds. The summed E-state index contributed by atoms with van der Waals surface area (Å²) in [7, 11) is 0. The Morgan fingerprint density at radius 1 is 1.23 bits per heavy atom. The number of hydrogen-bond donors (Lipinski definition) is 3. The molecule has 0 aromatic carbocycles. The molecule has 0 aliphatic heterocycles. The number of oxazole rings is 1. The van der Waals surface area contributed by atoms with Crippen LogP contribution in [-0.2, 0) is 0 Å². The number of nitrogens with two attached hydrogens (primary N) is 3. The van der Waals surface area contributed by atoms with Crippen LogP contribution in [0.15, 0.2) is 17.1 Å². The van der Waals surface area contributed by atoms with Crippen molar-refractivity contribution in [3.8, 4) is 0 Å². The molecule has 3 heterocycles. The van der Waals surface area contributed by atoms with Crippen molar-refractivity contribution < 1.29 is 4.42 Å². The van der Waals surface area contributed by atoms with Gasteiger partial charge in [0.25, 0.3) is 6.01 Å². The van der Waals surface area contributed by atoms with E-state index in [0.717, 1.165) is 5.57 Å². The van der Waals surface area contributed by atoms with E-state index in [9.17, 15) is 0 Å². The van der Waals surface area contributed by atoms with Crippen molar-refractivity contribution in [3.63, 3.8) is 0 Å². The first kappa shape index (κ1) is 17.5. The first-order valence-corrected chi connectivity index (χ1v) is 8.17. The topological polar surface area (TPSA) is 148 Å². The second-order valence-corrected chi connectivity index (χ2v) is 6.21. The molecule has 0 saturated carbocycles. The zero-order valence-corrected chi connectivity index (χ0v) is 15.0. The molecule has 3 aromatic rings. The van der Waals surface area contributed by atoms with Crippen LogP contribution in [0.25, 0.3) is 22.7 Å². The highest BCUT2D eigenvalue weighted by molar-refractivity contribution is 5.99. The third kappa shape index (κ3) is 2.99. The third-order valence-corrected chi connectivity index (χ3v) is 3.91. The molecule has 0 fully saturated rings. The molecule has 3 rings (SSSR count). The van der Waals surface area contributed by atoms with Gasteiger partial charge in [-0.05, 0) is 38.8 Å². The number of anilines is 3. The smallest absolute Gasteiger partial charge is 0.292 e. The first-order valence-electron chi connectivity index (χ1n) is 8.17. The Bertz CT molecular complexity index is 1010. The van der Waals surface area contributed by atoms with Crippen LogP contribution in [0.3, 0.4) is 0 Å². The Morgan fingerprint density at radius 3 is 2.54 bits per heavy atom. The molecule has 6 N–H and O–H groups in total. The zero-order chi connectivity index (χ0) is 19.0. The Kier molecular flexibility index (Phi) is 4.37. The van der Waals surface area contributed by atoms with Crippen molar-refractivity contribution in [2.45, 2.75) is 33.2 Å². The quantitative estimate of drug-likeness (QED) is 0.592. The standard InChI is InChI=1S/C17H22N8O/c1-5-6-10(7-11-9(4)26-17(20)21-11)13-12-14(18)22-16(19)23-15(12)25(24-13)8(2)3/h5,7-8H,1,6H2,2-4H3,(H2,20,21)(H4,18,19,22,23)/b10-7+. The van der Waals surface area contributed by atoms with Crippen molar-refractivity contribution in [1.82, 2.24) is 24.7 Å². The Morgan fingerprint density at radius 2 is 1.96 bits per heavy atom. The van der Waals surface area contributed by atoms with E-state index in [4.69, 9.17) is 26.7 Å². The second-order valence-electron chi connectivity index (χ2n) is 6.21. The average Bonchev–Trinajstić information content (AvgIpc) is 3.07. The molecule has 26 heavy (non-hydrogen) atoms. The van der Waals surface area contributed by atoms with Crippen molar-refractivity contribution in [3.05, 3.63) is 29.8 Å². The lowest BCUT2D eigenvalue weighted by molar-refractivity contribution is 0.544. The number of nitrogen functional groups attached to an aromatic ring is 3. The Labute approximate surface area is 150 Å². The lowest BCUT2D eigenvalue weighted by atomic mass is 10.0. The van der Waals surface area contributed by atoms with Gasteiger partial charge in [0.1, 0.15) is 23.0 Å². The van der Waals surface area contributed by atoms with Gasteiger partial charge in [-0.3, -0.25) is 0 Å². The van der Waals surface area contributed by atoms with Crippen molar-refractivity contribution in [2.75, 3.05) is 17.2 Å². The highest BCUT2D eigenvalue weighted by Gasteiger charge is 2.21. The van der Waals surface area contributed by atoms with Gasteiger partial charge in [0.15, 0.2) is 5.65 Å². The van der Waals surface area contributed by atoms with Crippen molar-refractivity contribution in [2.24, 2.45) is 0 Å². The monoisotopic (exact) mass is 354 g/mol. The van der Waals surface area contributed by atoms with E-state index in [0.29, 0.717) is 34.6 Å². The highest BCUT2D eigenvalue weighted by atomic mass is 16.4. The van der Waals surface area contributed by atoms with E-state index < -0.39 is 0 Å². The van der Waals surface area contributed by atoms with Crippen LogP contribution >= 0.6 is 0 Å². The van der Waals surface area contributed by atoms with Gasteiger partial charge in [-0.25, -0.2) is 4.68 Å². The number of fused-ring (bicyclic) bond motifs is 1. The number of rotatable bonds is 5. The number of aryl methyl sites for hydroxylation is 1. The first-order chi connectivity index (χ1) is 12.3. The highest BCUT2D eigenvalue weighted by Crippen LogP contribution is 2.33. The molecule has 0 bridgehead atoms. The molecule has 0 radical (unpaired) electrons. The molecule has 0 spiro atoms. The molecular weight excluding hydrogens is 332 g/mol. The molecule has 9 nitrogen and oxygen atoms in total. The fourth-order valence-corrected chi connectivity index (χ4v) is 2.77. The predicted molar refractivity (Wildman–Crippen MR) is 103 cm³/mol. The second kappa shape index (κ2) is 6.51. The van der Waals surface area contributed by atoms with Gasteiger partial charge in [0, 0.05) is 6.04 Å². The molecule has 0 aliphatic rings. The summed E-state index contributed by atoms with van der Waals surface area (Å²) >= 11 is 0. The number of aromatic nitrogens is 5. The molecular formula is C17H22N8O. The summed E-state index contributed by atoms with van der Waals surface area (Å²) in [6.45, 7) is 9.63. The van der Waals surface area contributed by atoms with E-state index in [2.05, 4.69) is 21.5 Å². The zero-order valence-electron chi connectivity index (χ0n) is 15.0. The Hall–Kier alpha value is -3.36. The SMILES string of the molecule is C=CC/C(=C\c1nc(N)oc1C)c1nn(C(C)C)c2nc(N)nc(N)c12. The summed E-state index contributed by atoms with van der Waals surface area (Å²) in [4.78, 5) is 12.6. The third-order valence-electron chi connectivity index (χ3n) is 3.91. The Balaban J connectivity index is 2.30. The molecule has 0 atom stereocenters. The lowest BCUT2D eigenvalue weighted by Crippen LogP contribution is -2.06. The minimum Gasteiger partial charge on any atom is -0.429 e. The molecule has 9 heteroatoms. The fourth-order valence-electron chi connectivity index (χ4n) is 2.77. The van der Waals surface area contributed by atoms with Crippen LogP contribution in [0.1, 0.15) is 43.5 Å². The van der Waals surface area contributed by atoms with Gasteiger partial charge in [-0.2, -0.15) is 20.1 Å². The van der Waals surface area contributed by atoms with Gasteiger partial charge in [-0.1, -0.05) is 6.08 Å². The summed E-state index contributed by atoms with van der Waals surface area (Å²) in [6.07, 6.45) is 4.18. The van der Waals surface area contributed by atoms with Gasteiger partial charge >= 0.3 is 0 Å². The normalized spacial score (nSPS) is 12.2. The van der Waals surface area contributed by atoms with Crippen molar-refractivity contribution >= 4 is 40.5 Å². The van der Waals surface area contributed by atoms with Crippen LogP contribution < -0.4 is 17.2 Å². The minimum absolute atomic E-state index is 0.0642. The van der Waals surface area contributed by atoms with Crippen molar-refractivity contribution in [1.29, 1.82) is 0 Å². The van der Waals surface area contributed by atoms with Crippen LogP contribution in [0.4, 0.5) is 17.8 Å². The van der Waals surface area contributed by atoms with Gasteiger partial charge in [0.2, 0.25) is 5.95 Å². The van der Waals surface area contributed by atoms with Crippen LogP contribution in [0, 0.1) is 6.92 Å². The summed E-state index contributed by atoms with van der Waals surface area (Å²) < 4.78 is 7.08. The summed E-state index contributed by atoms with van der Waals surface area (Å²) in [5.41, 5.74) is 20.3. The number of nitrogens with zero attached hydrogens (tertiary/aromatic N) is 5. The van der Waals surface area contributed by atoms with E-state index in [1.807, 2.05) is 19.9 Å². The molecule has 0 unspecified atom stereocenters. The molecule has 0 aliphatic carbocycles. The molecule has 3 aromatic heterocycles. The van der Waals surface area contributed by atoms with Crippen LogP contribution in [-0.4, -0.2) is 24.7 Å². The number of hydrogen-bond acceptors (Lipinski definition) is 8. The average molecular weight is 354 g/mol. The molecule has 136 valence electrons. The van der Waals surface area contributed by atoms with Gasteiger partial charge < -0.3 is 21.6 Å². The van der Waals surface area contributed by atoms with Crippen LogP contribution in [0.2, 0.25) is 0 Å². The maximum atomic E-state index is 6.14. The van der Waals surface area contributed by atoms with E-state index >= 15 is 0 Å². The van der Waals surface area contributed by atoms with E-state index in [-0.39, 0.29) is 23.8 Å². The van der Waals surface area contributed by atoms with Gasteiger partial charge in [-0.15, -0.1) is 6.58 Å². The predicted octanol–water partition coefficient (Wildman–Crippen LogP) is 2.57. The van der Waals surface area contributed by atoms with E-state index in [1.165, 1.54) is 0 Å². The minimum atomic E-state index is 0.0642. The number of allylic oxidation sites excluding steroid dienone is 2. The fraction of sp³-hybridized carbons (Fsp3) is 0.294. The van der Waals surface area contributed by atoms with Gasteiger partial charge in [0.05, 0.1) is 5.39 Å². The largest absolute Gasteiger partial charge is 0.429 e. The maximum absolute atomic E-state index is 6.14.